The molecule has 2 amide bonds. The molecule has 1 aromatic carbocycles. The molecule has 6 nitrogen and oxygen atoms in total. The summed E-state index contributed by atoms with van der Waals surface area (Å²) in [5.41, 5.74) is 0.436. The first-order valence-corrected chi connectivity index (χ1v) is 8.98. The summed E-state index contributed by atoms with van der Waals surface area (Å²) in [5.74, 6) is -1.29. The molecule has 0 saturated carbocycles. The molecule has 0 heterocycles. The quantitative estimate of drug-likeness (QED) is 0.698. The maximum atomic E-state index is 12.4. The van der Waals surface area contributed by atoms with Crippen LogP contribution < -0.4 is 5.32 Å². The Labute approximate surface area is 157 Å². The average Bonchev–Trinajstić information content (AvgIpc) is 2.52. The van der Waals surface area contributed by atoms with Crippen LogP contribution >= 0.6 is 15.9 Å². The highest BCUT2D eigenvalue weighted by atomic mass is 79.9. The van der Waals surface area contributed by atoms with Crippen LogP contribution in [0, 0.1) is 0 Å². The van der Waals surface area contributed by atoms with Gasteiger partial charge in [-0.3, -0.25) is 14.4 Å². The molecule has 1 aromatic rings. The molecule has 0 aliphatic heterocycles. The summed E-state index contributed by atoms with van der Waals surface area (Å²) in [4.78, 5) is 37.9. The largest absolute Gasteiger partial charge is 0.451 e. The molecular weight excluding hydrogens is 388 g/mol. The molecule has 1 unspecified atom stereocenters. The van der Waals surface area contributed by atoms with Crippen molar-refractivity contribution in [2.75, 3.05) is 6.54 Å². The van der Waals surface area contributed by atoms with Gasteiger partial charge in [-0.25, -0.2) is 0 Å². The number of carbonyl (C=O) groups excluding carboxylic acids is 3. The Hall–Kier alpha value is -1.89. The van der Waals surface area contributed by atoms with Crippen molar-refractivity contribution in [3.8, 4) is 0 Å². The number of carbonyl (C=O) groups is 3. The summed E-state index contributed by atoms with van der Waals surface area (Å²) < 4.78 is 6.00. The lowest BCUT2D eigenvalue weighted by Gasteiger charge is -2.32. The fraction of sp³-hybridized carbons (Fsp3) is 0.500. The molecule has 0 fully saturated rings. The molecule has 25 heavy (non-hydrogen) atoms. The molecule has 0 bridgehead atoms. The summed E-state index contributed by atoms with van der Waals surface area (Å²) in [6.45, 7) is 8.87. The molecule has 0 radical (unpaired) electrons. The van der Waals surface area contributed by atoms with Crippen molar-refractivity contribution in [2.45, 2.75) is 52.8 Å². The summed E-state index contributed by atoms with van der Waals surface area (Å²) in [5, 5.41) is 2.48. The van der Waals surface area contributed by atoms with Gasteiger partial charge in [0.15, 0.2) is 6.10 Å². The van der Waals surface area contributed by atoms with Crippen LogP contribution in [-0.4, -0.2) is 47.4 Å². The van der Waals surface area contributed by atoms with E-state index in [1.165, 1.54) is 6.92 Å². The molecule has 1 rings (SSSR count). The third-order valence-corrected chi connectivity index (χ3v) is 4.05. The number of hydrogen-bond donors (Lipinski definition) is 1. The predicted molar refractivity (Wildman–Crippen MR) is 99.1 cm³/mol. The van der Waals surface area contributed by atoms with E-state index in [0.29, 0.717) is 5.56 Å². The van der Waals surface area contributed by atoms with Crippen molar-refractivity contribution in [1.29, 1.82) is 0 Å². The third-order valence-electron chi connectivity index (χ3n) is 3.52. The van der Waals surface area contributed by atoms with Gasteiger partial charge in [0.05, 0.1) is 0 Å². The van der Waals surface area contributed by atoms with Crippen molar-refractivity contribution in [2.24, 2.45) is 0 Å². The molecule has 0 aliphatic carbocycles. The fourth-order valence-electron chi connectivity index (χ4n) is 2.46. The zero-order valence-corrected chi connectivity index (χ0v) is 16.8. The molecule has 0 saturated heterocycles. The lowest BCUT2D eigenvalue weighted by Crippen LogP contribution is -2.48. The van der Waals surface area contributed by atoms with Crippen LogP contribution in [0.4, 0.5) is 0 Å². The van der Waals surface area contributed by atoms with Crippen LogP contribution in [0.5, 0.6) is 0 Å². The first-order valence-electron chi connectivity index (χ1n) is 8.19. The van der Waals surface area contributed by atoms with E-state index in [2.05, 4.69) is 21.2 Å². The molecule has 7 heteroatoms. The Bertz CT molecular complexity index is 606. The summed E-state index contributed by atoms with van der Waals surface area (Å²) in [6, 6.07) is 6.76. The van der Waals surface area contributed by atoms with Gasteiger partial charge in [-0.2, -0.15) is 0 Å². The normalized spacial score (nSPS) is 12.0. The molecule has 1 N–H and O–H groups in total. The molecule has 0 aliphatic rings. The number of esters is 1. The van der Waals surface area contributed by atoms with Crippen molar-refractivity contribution < 1.29 is 19.1 Å². The van der Waals surface area contributed by atoms with Gasteiger partial charge in [-0.05, 0) is 58.9 Å². The summed E-state index contributed by atoms with van der Waals surface area (Å²) in [6.07, 6.45) is -0.901. The van der Waals surface area contributed by atoms with E-state index in [0.717, 1.165) is 4.47 Å². The van der Waals surface area contributed by atoms with Gasteiger partial charge >= 0.3 is 5.97 Å². The van der Waals surface area contributed by atoms with E-state index in [-0.39, 0.29) is 30.4 Å². The van der Waals surface area contributed by atoms with Crippen molar-refractivity contribution in [3.63, 3.8) is 0 Å². The van der Waals surface area contributed by atoms with Crippen LogP contribution in [0.25, 0.3) is 0 Å². The minimum atomic E-state index is -0.901. The smallest absolute Gasteiger partial charge is 0.326 e. The van der Waals surface area contributed by atoms with Crippen molar-refractivity contribution in [1.82, 2.24) is 10.2 Å². The van der Waals surface area contributed by atoms with Gasteiger partial charge in [0.1, 0.15) is 6.54 Å². The average molecular weight is 413 g/mol. The maximum absolute atomic E-state index is 12.4. The van der Waals surface area contributed by atoms with Gasteiger partial charge < -0.3 is 15.0 Å². The van der Waals surface area contributed by atoms with Gasteiger partial charge in [0.25, 0.3) is 11.8 Å². The lowest BCUT2D eigenvalue weighted by atomic mass is 10.2. The fourth-order valence-corrected chi connectivity index (χ4v) is 2.72. The zero-order valence-electron chi connectivity index (χ0n) is 15.2. The number of ether oxygens (including phenoxy) is 1. The Kier molecular flexibility index (Phi) is 8.09. The van der Waals surface area contributed by atoms with E-state index in [4.69, 9.17) is 4.74 Å². The van der Waals surface area contributed by atoms with Gasteiger partial charge in [-0.1, -0.05) is 15.9 Å². The molecule has 138 valence electrons. The monoisotopic (exact) mass is 412 g/mol. The highest BCUT2D eigenvalue weighted by Gasteiger charge is 2.27. The van der Waals surface area contributed by atoms with E-state index in [9.17, 15) is 14.4 Å². The molecular formula is C18H25BrN2O4. The second kappa shape index (κ2) is 9.56. The number of rotatable bonds is 7. The van der Waals surface area contributed by atoms with E-state index >= 15 is 0 Å². The first kappa shape index (κ1) is 21.2. The van der Waals surface area contributed by atoms with Crippen molar-refractivity contribution in [3.05, 3.63) is 34.3 Å². The van der Waals surface area contributed by atoms with Gasteiger partial charge in [0, 0.05) is 22.1 Å². The Balaban J connectivity index is 2.54. The number of amides is 2. The van der Waals surface area contributed by atoms with Gasteiger partial charge in [0.2, 0.25) is 0 Å². The minimum absolute atomic E-state index is 0.00533. The van der Waals surface area contributed by atoms with Gasteiger partial charge in [-0.15, -0.1) is 0 Å². The van der Waals surface area contributed by atoms with Crippen LogP contribution in [0.2, 0.25) is 0 Å². The second-order valence-electron chi connectivity index (χ2n) is 6.25. The molecule has 0 spiro atoms. The Morgan fingerprint density at radius 2 is 1.56 bits per heavy atom. The van der Waals surface area contributed by atoms with E-state index < -0.39 is 12.1 Å². The first-order chi connectivity index (χ1) is 11.6. The second-order valence-corrected chi connectivity index (χ2v) is 7.17. The highest BCUT2D eigenvalue weighted by Crippen LogP contribution is 2.11. The third kappa shape index (κ3) is 6.49. The predicted octanol–water partition coefficient (Wildman–Crippen LogP) is 2.76. The topological polar surface area (TPSA) is 75.7 Å². The lowest BCUT2D eigenvalue weighted by molar-refractivity contribution is -0.160. The highest BCUT2D eigenvalue weighted by molar-refractivity contribution is 9.10. The Morgan fingerprint density at radius 1 is 1.04 bits per heavy atom. The Morgan fingerprint density at radius 3 is 2.04 bits per heavy atom. The van der Waals surface area contributed by atoms with Crippen molar-refractivity contribution >= 4 is 33.7 Å². The maximum Gasteiger partial charge on any atom is 0.326 e. The van der Waals surface area contributed by atoms with Crippen LogP contribution in [0.15, 0.2) is 28.7 Å². The zero-order chi connectivity index (χ0) is 19.1. The number of nitrogens with one attached hydrogen (secondary N) is 1. The summed E-state index contributed by atoms with van der Waals surface area (Å²) >= 11 is 3.29. The van der Waals surface area contributed by atoms with E-state index in [1.807, 2.05) is 27.7 Å². The van der Waals surface area contributed by atoms with Crippen LogP contribution in [-0.2, 0) is 14.3 Å². The minimum Gasteiger partial charge on any atom is -0.451 e. The van der Waals surface area contributed by atoms with Crippen LogP contribution in [0.3, 0.4) is 0 Å². The number of benzene rings is 1. The van der Waals surface area contributed by atoms with E-state index in [1.54, 1.807) is 29.2 Å². The SMILES string of the molecule is CC(OC(=O)CNC(=O)c1ccc(Br)cc1)C(=O)N(C(C)C)C(C)C. The number of nitrogens with zero attached hydrogens (tertiary/aromatic N) is 1. The summed E-state index contributed by atoms with van der Waals surface area (Å²) in [7, 11) is 0. The molecule has 0 aromatic heterocycles. The standard InChI is InChI=1S/C18H25BrN2O4/c1-11(2)21(12(3)4)18(24)13(5)25-16(22)10-20-17(23)14-6-8-15(19)9-7-14/h6-9,11-13H,10H2,1-5H3,(H,20,23). The number of halogens is 1. The van der Waals surface area contributed by atoms with Crippen LogP contribution in [0.1, 0.15) is 45.0 Å². The number of hydrogen-bond acceptors (Lipinski definition) is 4. The molecule has 1 atom stereocenters.